The zero-order valence-corrected chi connectivity index (χ0v) is 11.5. The van der Waals surface area contributed by atoms with E-state index in [1.165, 1.54) is 0 Å². The number of carbonyl (C=O) groups is 1. The quantitative estimate of drug-likeness (QED) is 0.856. The van der Waals surface area contributed by atoms with E-state index in [0.29, 0.717) is 24.6 Å². The predicted octanol–water partition coefficient (Wildman–Crippen LogP) is 1.85. The number of aliphatic hydroxyl groups is 1. The van der Waals surface area contributed by atoms with Crippen molar-refractivity contribution in [1.82, 2.24) is 4.90 Å². The highest BCUT2D eigenvalue weighted by molar-refractivity contribution is 5.97. The van der Waals surface area contributed by atoms with Crippen LogP contribution in [0.3, 0.4) is 0 Å². The van der Waals surface area contributed by atoms with E-state index in [4.69, 9.17) is 5.11 Å². The molecule has 1 amide bonds. The summed E-state index contributed by atoms with van der Waals surface area (Å²) in [5.41, 5.74) is 2.09. The summed E-state index contributed by atoms with van der Waals surface area (Å²) in [6.45, 7) is 5.21. The van der Waals surface area contributed by atoms with Crippen LogP contribution in [-0.2, 0) is 0 Å². The van der Waals surface area contributed by atoms with Gasteiger partial charge in [-0.3, -0.25) is 4.79 Å². The molecule has 4 nitrogen and oxygen atoms in total. The van der Waals surface area contributed by atoms with Gasteiger partial charge in [0.05, 0.1) is 5.56 Å². The van der Waals surface area contributed by atoms with Crippen molar-refractivity contribution in [3.05, 3.63) is 28.8 Å². The Kier molecular flexibility index (Phi) is 4.10. The lowest BCUT2D eigenvalue weighted by Crippen LogP contribution is -2.39. The molecular formula is C15H21NO3. The van der Waals surface area contributed by atoms with Crippen molar-refractivity contribution in [3.63, 3.8) is 0 Å². The van der Waals surface area contributed by atoms with Crippen LogP contribution in [0.1, 0.15) is 34.3 Å². The van der Waals surface area contributed by atoms with Crippen LogP contribution in [0.25, 0.3) is 0 Å². The minimum Gasteiger partial charge on any atom is -0.507 e. The average Bonchev–Trinajstić information content (AvgIpc) is 2.42. The molecule has 1 aliphatic rings. The van der Waals surface area contributed by atoms with Gasteiger partial charge in [0.15, 0.2) is 0 Å². The van der Waals surface area contributed by atoms with Crippen molar-refractivity contribution in [2.45, 2.75) is 26.7 Å². The molecule has 2 rings (SSSR count). The largest absolute Gasteiger partial charge is 0.507 e. The normalized spacial score (nSPS) is 16.7. The number of carbonyl (C=O) groups excluding carboxylic acids is 1. The van der Waals surface area contributed by atoms with Crippen LogP contribution in [-0.4, -0.2) is 40.7 Å². The molecule has 2 N–H and O–H groups in total. The number of rotatable bonds is 2. The summed E-state index contributed by atoms with van der Waals surface area (Å²) in [7, 11) is 0. The molecule has 1 aliphatic heterocycles. The molecule has 0 saturated carbocycles. The van der Waals surface area contributed by atoms with E-state index < -0.39 is 0 Å². The molecule has 0 spiro atoms. The number of benzene rings is 1. The summed E-state index contributed by atoms with van der Waals surface area (Å²) in [6, 6.07) is 3.60. The number of aliphatic hydroxyl groups excluding tert-OH is 1. The third-order valence-electron chi connectivity index (χ3n) is 3.84. The Morgan fingerprint density at radius 3 is 2.53 bits per heavy atom. The Bertz CT molecular complexity index is 477. The molecule has 1 aromatic carbocycles. The molecule has 1 saturated heterocycles. The van der Waals surface area contributed by atoms with Crippen LogP contribution in [0.2, 0.25) is 0 Å². The summed E-state index contributed by atoms with van der Waals surface area (Å²) < 4.78 is 0. The van der Waals surface area contributed by atoms with Crippen LogP contribution in [0.15, 0.2) is 12.1 Å². The van der Waals surface area contributed by atoms with Crippen LogP contribution in [0.5, 0.6) is 5.75 Å². The number of aryl methyl sites for hydroxylation is 2. The van der Waals surface area contributed by atoms with E-state index in [1.807, 2.05) is 13.0 Å². The molecule has 4 heteroatoms. The van der Waals surface area contributed by atoms with Gasteiger partial charge in [0.2, 0.25) is 0 Å². The monoisotopic (exact) mass is 263 g/mol. The van der Waals surface area contributed by atoms with E-state index in [-0.39, 0.29) is 18.3 Å². The second-order valence-electron chi connectivity index (χ2n) is 5.40. The van der Waals surface area contributed by atoms with Crippen LogP contribution < -0.4 is 0 Å². The minimum absolute atomic E-state index is 0.0832. The molecular weight excluding hydrogens is 242 g/mol. The molecule has 0 aliphatic carbocycles. The second-order valence-corrected chi connectivity index (χ2v) is 5.40. The Morgan fingerprint density at radius 1 is 1.32 bits per heavy atom. The first-order chi connectivity index (χ1) is 9.02. The highest BCUT2D eigenvalue weighted by Crippen LogP contribution is 2.26. The first-order valence-corrected chi connectivity index (χ1v) is 6.73. The fourth-order valence-electron chi connectivity index (χ4n) is 2.61. The smallest absolute Gasteiger partial charge is 0.257 e. The van der Waals surface area contributed by atoms with Crippen molar-refractivity contribution in [2.75, 3.05) is 19.7 Å². The Balaban J connectivity index is 2.17. The number of piperidine rings is 1. The lowest BCUT2D eigenvalue weighted by Gasteiger charge is -2.31. The van der Waals surface area contributed by atoms with Gasteiger partial charge in [0, 0.05) is 19.7 Å². The molecule has 1 fully saturated rings. The number of aromatic hydroxyl groups is 1. The van der Waals surface area contributed by atoms with Gasteiger partial charge in [0.25, 0.3) is 5.91 Å². The molecule has 19 heavy (non-hydrogen) atoms. The molecule has 0 atom stereocenters. The number of phenolic OH excluding ortho intramolecular Hbond substituents is 1. The number of nitrogens with zero attached hydrogens (tertiary/aromatic N) is 1. The van der Waals surface area contributed by atoms with E-state index in [9.17, 15) is 9.90 Å². The van der Waals surface area contributed by atoms with Gasteiger partial charge in [-0.2, -0.15) is 0 Å². The Morgan fingerprint density at radius 2 is 1.95 bits per heavy atom. The zero-order chi connectivity index (χ0) is 14.0. The fourth-order valence-corrected chi connectivity index (χ4v) is 2.61. The molecule has 1 heterocycles. The highest BCUT2D eigenvalue weighted by atomic mass is 16.3. The number of likely N-dealkylation sites (tertiary alicyclic amines) is 1. The third-order valence-corrected chi connectivity index (χ3v) is 3.84. The lowest BCUT2D eigenvalue weighted by molar-refractivity contribution is 0.0647. The maximum absolute atomic E-state index is 12.4. The first-order valence-electron chi connectivity index (χ1n) is 6.73. The van der Waals surface area contributed by atoms with Crippen LogP contribution in [0, 0.1) is 19.8 Å². The van der Waals surface area contributed by atoms with Crippen LogP contribution >= 0.6 is 0 Å². The maximum atomic E-state index is 12.4. The lowest BCUT2D eigenvalue weighted by atomic mass is 9.96. The minimum atomic E-state index is -0.110. The SMILES string of the molecule is Cc1cc(C)c(O)c(C(=O)N2CCC(CO)CC2)c1. The standard InChI is InChI=1S/C15H21NO3/c1-10-7-11(2)14(18)13(8-10)15(19)16-5-3-12(9-17)4-6-16/h7-8,12,17-18H,3-6,9H2,1-2H3. The third kappa shape index (κ3) is 2.89. The van der Waals surface area contributed by atoms with Crippen LogP contribution in [0.4, 0.5) is 0 Å². The fraction of sp³-hybridized carbons (Fsp3) is 0.533. The van der Waals surface area contributed by atoms with E-state index in [1.54, 1.807) is 17.9 Å². The van der Waals surface area contributed by atoms with Crippen molar-refractivity contribution in [3.8, 4) is 5.75 Å². The highest BCUT2D eigenvalue weighted by Gasteiger charge is 2.25. The molecule has 0 unspecified atom stereocenters. The van der Waals surface area contributed by atoms with Crippen molar-refractivity contribution in [2.24, 2.45) is 5.92 Å². The Labute approximate surface area is 113 Å². The van der Waals surface area contributed by atoms with E-state index in [2.05, 4.69) is 0 Å². The van der Waals surface area contributed by atoms with Gasteiger partial charge in [-0.05, 0) is 49.8 Å². The first kappa shape index (κ1) is 13.9. The van der Waals surface area contributed by atoms with Gasteiger partial charge in [-0.15, -0.1) is 0 Å². The molecule has 0 bridgehead atoms. The summed E-state index contributed by atoms with van der Waals surface area (Å²) in [5, 5.41) is 19.1. The predicted molar refractivity (Wildman–Crippen MR) is 73.3 cm³/mol. The van der Waals surface area contributed by atoms with Gasteiger partial charge in [-0.25, -0.2) is 0 Å². The number of hydrogen-bond donors (Lipinski definition) is 2. The molecule has 0 radical (unpaired) electrons. The van der Waals surface area contributed by atoms with Gasteiger partial charge in [0.1, 0.15) is 5.75 Å². The summed E-state index contributed by atoms with van der Waals surface area (Å²) in [6.07, 6.45) is 1.65. The average molecular weight is 263 g/mol. The van der Waals surface area contributed by atoms with Crippen molar-refractivity contribution >= 4 is 5.91 Å². The second kappa shape index (κ2) is 5.61. The van der Waals surface area contributed by atoms with Gasteiger partial charge < -0.3 is 15.1 Å². The zero-order valence-electron chi connectivity index (χ0n) is 11.5. The van der Waals surface area contributed by atoms with Crippen molar-refractivity contribution in [1.29, 1.82) is 0 Å². The summed E-state index contributed by atoms with van der Waals surface area (Å²) in [5.74, 6) is 0.275. The number of hydrogen-bond acceptors (Lipinski definition) is 3. The maximum Gasteiger partial charge on any atom is 0.257 e. The molecule has 0 aromatic heterocycles. The van der Waals surface area contributed by atoms with E-state index >= 15 is 0 Å². The molecule has 104 valence electrons. The molecule has 1 aromatic rings. The summed E-state index contributed by atoms with van der Waals surface area (Å²) >= 11 is 0. The Hall–Kier alpha value is -1.55. The van der Waals surface area contributed by atoms with Crippen molar-refractivity contribution < 1.29 is 15.0 Å². The van der Waals surface area contributed by atoms with Gasteiger partial charge in [-0.1, -0.05) is 6.07 Å². The summed E-state index contributed by atoms with van der Waals surface area (Å²) in [4.78, 5) is 14.2. The number of amides is 1. The number of phenols is 1. The van der Waals surface area contributed by atoms with E-state index in [0.717, 1.165) is 24.0 Å². The topological polar surface area (TPSA) is 60.8 Å². The van der Waals surface area contributed by atoms with Gasteiger partial charge >= 0.3 is 0 Å².